The van der Waals surface area contributed by atoms with Gasteiger partial charge in [-0.1, -0.05) is 61.0 Å². The molecule has 6 heteroatoms. The number of nitrogens with zero attached hydrogens (tertiary/aromatic N) is 3. The molecule has 2 atom stereocenters. The van der Waals surface area contributed by atoms with E-state index >= 15 is 0 Å². The van der Waals surface area contributed by atoms with Gasteiger partial charge in [0.1, 0.15) is 0 Å². The minimum atomic E-state index is 0.0562. The molecule has 0 saturated carbocycles. The van der Waals surface area contributed by atoms with Gasteiger partial charge in [-0.15, -0.1) is 5.10 Å². The standard InChI is InChI=1S/C19H20ClN5/c1-2-12-7-9-13(10-8-12)17-11-16(14-5-3-4-6-15(14)20)22-19-23-18(21)24-25(17)19/h3-10,16-17H,2,11H2,1H3,(H3,21,22,23,24)/t16-,17+/m0/s1. The summed E-state index contributed by atoms with van der Waals surface area (Å²) in [5.74, 6) is 0.954. The second-order valence-corrected chi connectivity index (χ2v) is 6.71. The highest BCUT2D eigenvalue weighted by molar-refractivity contribution is 6.31. The highest BCUT2D eigenvalue weighted by Gasteiger charge is 2.31. The first kappa shape index (κ1) is 16.0. The molecule has 4 rings (SSSR count). The van der Waals surface area contributed by atoms with Crippen LogP contribution in [0.25, 0.3) is 0 Å². The minimum Gasteiger partial charge on any atom is -0.366 e. The van der Waals surface area contributed by atoms with Crippen molar-refractivity contribution < 1.29 is 0 Å². The number of hydrogen-bond acceptors (Lipinski definition) is 4. The van der Waals surface area contributed by atoms with Gasteiger partial charge in [-0.25, -0.2) is 4.68 Å². The highest BCUT2D eigenvalue weighted by atomic mass is 35.5. The molecule has 3 N–H and O–H groups in total. The zero-order valence-electron chi connectivity index (χ0n) is 14.0. The van der Waals surface area contributed by atoms with Crippen molar-refractivity contribution >= 4 is 23.5 Å². The first-order valence-corrected chi connectivity index (χ1v) is 8.85. The summed E-state index contributed by atoms with van der Waals surface area (Å²) in [5, 5.41) is 8.56. The summed E-state index contributed by atoms with van der Waals surface area (Å²) < 4.78 is 1.88. The topological polar surface area (TPSA) is 68.8 Å². The van der Waals surface area contributed by atoms with Crippen molar-refractivity contribution in [2.45, 2.75) is 31.8 Å². The lowest BCUT2D eigenvalue weighted by molar-refractivity contribution is 0.431. The van der Waals surface area contributed by atoms with Crippen LogP contribution >= 0.6 is 11.6 Å². The molecule has 0 radical (unpaired) electrons. The van der Waals surface area contributed by atoms with E-state index < -0.39 is 0 Å². The van der Waals surface area contributed by atoms with E-state index in [4.69, 9.17) is 17.3 Å². The number of nitrogen functional groups attached to an aromatic ring is 1. The molecule has 128 valence electrons. The molecule has 0 unspecified atom stereocenters. The van der Waals surface area contributed by atoms with Crippen LogP contribution in [0.5, 0.6) is 0 Å². The molecular weight excluding hydrogens is 334 g/mol. The molecule has 25 heavy (non-hydrogen) atoms. The van der Waals surface area contributed by atoms with Crippen LogP contribution in [-0.4, -0.2) is 14.8 Å². The van der Waals surface area contributed by atoms with Gasteiger partial charge in [-0.3, -0.25) is 0 Å². The fourth-order valence-corrected chi connectivity index (χ4v) is 3.68. The Balaban J connectivity index is 1.75. The van der Waals surface area contributed by atoms with Crippen LogP contribution in [0, 0.1) is 0 Å². The number of aromatic nitrogens is 3. The van der Waals surface area contributed by atoms with Gasteiger partial charge in [0.15, 0.2) is 0 Å². The van der Waals surface area contributed by atoms with Crippen LogP contribution in [0.4, 0.5) is 11.9 Å². The number of hydrogen-bond donors (Lipinski definition) is 2. The second-order valence-electron chi connectivity index (χ2n) is 6.30. The van der Waals surface area contributed by atoms with Gasteiger partial charge in [0.05, 0.1) is 12.1 Å². The van der Waals surface area contributed by atoms with E-state index in [1.54, 1.807) is 0 Å². The average Bonchev–Trinajstić information content (AvgIpc) is 3.01. The number of benzene rings is 2. The summed E-state index contributed by atoms with van der Waals surface area (Å²) in [6, 6.07) is 16.7. The normalized spacial score (nSPS) is 19.3. The molecule has 0 amide bonds. The van der Waals surface area contributed by atoms with Crippen molar-refractivity contribution in [3.8, 4) is 0 Å². The number of rotatable bonds is 3. The summed E-state index contributed by atoms with van der Waals surface area (Å²) in [6.07, 6.45) is 1.85. The maximum absolute atomic E-state index is 6.42. The predicted molar refractivity (Wildman–Crippen MR) is 101 cm³/mol. The third-order valence-electron chi connectivity index (χ3n) is 4.76. The molecule has 3 aromatic rings. The van der Waals surface area contributed by atoms with Crippen molar-refractivity contribution in [1.29, 1.82) is 0 Å². The third kappa shape index (κ3) is 2.96. The number of nitrogens with two attached hydrogens (primary N) is 1. The van der Waals surface area contributed by atoms with Crippen molar-refractivity contribution in [2.24, 2.45) is 0 Å². The maximum atomic E-state index is 6.42. The summed E-state index contributed by atoms with van der Waals surface area (Å²) in [7, 11) is 0. The fourth-order valence-electron chi connectivity index (χ4n) is 3.41. The molecule has 0 fully saturated rings. The zero-order chi connectivity index (χ0) is 17.4. The van der Waals surface area contributed by atoms with E-state index in [1.807, 2.05) is 28.9 Å². The van der Waals surface area contributed by atoms with E-state index in [2.05, 4.69) is 46.6 Å². The first-order chi connectivity index (χ1) is 12.2. The lowest BCUT2D eigenvalue weighted by Gasteiger charge is -2.32. The molecule has 1 aromatic heterocycles. The van der Waals surface area contributed by atoms with Crippen LogP contribution < -0.4 is 11.1 Å². The molecule has 0 aliphatic carbocycles. The quantitative estimate of drug-likeness (QED) is 0.739. The Kier molecular flexibility index (Phi) is 4.09. The lowest BCUT2D eigenvalue weighted by Crippen LogP contribution is -2.28. The molecule has 1 aliphatic rings. The molecule has 0 saturated heterocycles. The lowest BCUT2D eigenvalue weighted by atomic mass is 9.93. The van der Waals surface area contributed by atoms with Gasteiger partial charge in [0.2, 0.25) is 11.9 Å². The second kappa shape index (κ2) is 6.41. The Morgan fingerprint density at radius 1 is 1.20 bits per heavy atom. The van der Waals surface area contributed by atoms with E-state index in [0.29, 0.717) is 5.95 Å². The molecular formula is C19H20ClN5. The summed E-state index contributed by atoms with van der Waals surface area (Å²) >= 11 is 6.42. The molecule has 0 spiro atoms. The smallest absolute Gasteiger partial charge is 0.241 e. The molecule has 5 nitrogen and oxygen atoms in total. The Bertz CT molecular complexity index is 887. The van der Waals surface area contributed by atoms with Gasteiger partial charge in [-0.05, 0) is 35.6 Å². The van der Waals surface area contributed by atoms with Crippen molar-refractivity contribution in [2.75, 3.05) is 11.1 Å². The number of nitrogens with one attached hydrogen (secondary N) is 1. The van der Waals surface area contributed by atoms with Crippen LogP contribution in [0.2, 0.25) is 5.02 Å². The van der Waals surface area contributed by atoms with Crippen molar-refractivity contribution in [3.63, 3.8) is 0 Å². The molecule has 0 bridgehead atoms. The molecule has 2 heterocycles. The average molecular weight is 354 g/mol. The Hall–Kier alpha value is -2.53. The number of fused-ring (bicyclic) bond motifs is 1. The largest absolute Gasteiger partial charge is 0.366 e. The van der Waals surface area contributed by atoms with Gasteiger partial charge < -0.3 is 11.1 Å². The Labute approximate surface area is 151 Å². The molecule has 2 aromatic carbocycles. The zero-order valence-corrected chi connectivity index (χ0v) is 14.7. The minimum absolute atomic E-state index is 0.0562. The monoisotopic (exact) mass is 353 g/mol. The van der Waals surface area contributed by atoms with Crippen molar-refractivity contribution in [3.05, 3.63) is 70.2 Å². The van der Waals surface area contributed by atoms with Crippen molar-refractivity contribution in [1.82, 2.24) is 14.8 Å². The van der Waals surface area contributed by atoms with E-state index in [0.717, 1.165) is 23.4 Å². The summed E-state index contributed by atoms with van der Waals surface area (Å²) in [4.78, 5) is 4.34. The number of aryl methyl sites for hydroxylation is 1. The van der Waals surface area contributed by atoms with Gasteiger partial charge in [0, 0.05) is 5.02 Å². The number of halogens is 1. The Morgan fingerprint density at radius 3 is 2.68 bits per heavy atom. The third-order valence-corrected chi connectivity index (χ3v) is 5.10. The first-order valence-electron chi connectivity index (χ1n) is 8.47. The van der Waals surface area contributed by atoms with Gasteiger partial charge in [-0.2, -0.15) is 4.98 Å². The highest BCUT2D eigenvalue weighted by Crippen LogP contribution is 2.39. The van der Waals surface area contributed by atoms with Crippen LogP contribution in [-0.2, 0) is 6.42 Å². The molecule has 1 aliphatic heterocycles. The maximum Gasteiger partial charge on any atom is 0.241 e. The number of anilines is 2. The van der Waals surface area contributed by atoms with Crippen LogP contribution in [0.15, 0.2) is 48.5 Å². The fraction of sp³-hybridized carbons (Fsp3) is 0.263. The van der Waals surface area contributed by atoms with E-state index in [9.17, 15) is 0 Å². The summed E-state index contributed by atoms with van der Waals surface area (Å²) in [5.41, 5.74) is 9.43. The SMILES string of the molecule is CCc1ccc([C@H]2C[C@@H](c3ccccc3Cl)Nc3nc(N)nn32)cc1. The van der Waals surface area contributed by atoms with E-state index in [-0.39, 0.29) is 18.0 Å². The predicted octanol–water partition coefficient (Wildman–Crippen LogP) is 4.22. The van der Waals surface area contributed by atoms with Gasteiger partial charge >= 0.3 is 0 Å². The van der Waals surface area contributed by atoms with Crippen LogP contribution in [0.1, 0.15) is 42.1 Å². The van der Waals surface area contributed by atoms with E-state index in [1.165, 1.54) is 11.1 Å². The van der Waals surface area contributed by atoms with Crippen LogP contribution in [0.3, 0.4) is 0 Å². The summed E-state index contributed by atoms with van der Waals surface area (Å²) in [6.45, 7) is 2.16. The Morgan fingerprint density at radius 2 is 1.96 bits per heavy atom. The van der Waals surface area contributed by atoms with Gasteiger partial charge in [0.25, 0.3) is 0 Å².